The number of pyridine rings is 1. The molecule has 3 N–H and O–H groups in total. The maximum absolute atomic E-state index is 5.64. The number of nitrogens with zero attached hydrogens (tertiary/aromatic N) is 1. The van der Waals surface area contributed by atoms with E-state index in [9.17, 15) is 0 Å². The molecular weight excluding hydrogens is 166 g/mol. The molecule has 0 atom stereocenters. The standard InChI is InChI=1S/C6H8ClN3O/c1-11-5-2-4(7)3-9-6(5)10-8/h2-3H,8H2,1H3,(H,9,10). The van der Waals surface area contributed by atoms with Crippen LogP contribution in [-0.2, 0) is 0 Å². The number of methoxy groups -OCH3 is 1. The summed E-state index contributed by atoms with van der Waals surface area (Å²) >= 11 is 5.64. The summed E-state index contributed by atoms with van der Waals surface area (Å²) in [7, 11) is 1.52. The number of rotatable bonds is 2. The number of hydrogen-bond donors (Lipinski definition) is 2. The van der Waals surface area contributed by atoms with Gasteiger partial charge >= 0.3 is 0 Å². The van der Waals surface area contributed by atoms with Gasteiger partial charge in [0.2, 0.25) is 0 Å². The molecule has 0 bridgehead atoms. The first-order chi connectivity index (χ1) is 5.27. The van der Waals surface area contributed by atoms with Crippen LogP contribution in [0.3, 0.4) is 0 Å². The molecule has 5 heteroatoms. The molecule has 11 heavy (non-hydrogen) atoms. The summed E-state index contributed by atoms with van der Waals surface area (Å²) in [4.78, 5) is 3.87. The van der Waals surface area contributed by atoms with E-state index in [1.807, 2.05) is 0 Å². The van der Waals surface area contributed by atoms with Crippen LogP contribution < -0.4 is 16.0 Å². The van der Waals surface area contributed by atoms with E-state index in [-0.39, 0.29) is 0 Å². The third-order valence-corrected chi connectivity index (χ3v) is 1.38. The number of ether oxygens (including phenoxy) is 1. The van der Waals surface area contributed by atoms with Gasteiger partial charge in [-0.05, 0) is 0 Å². The third-order valence-electron chi connectivity index (χ3n) is 1.18. The van der Waals surface area contributed by atoms with E-state index >= 15 is 0 Å². The third kappa shape index (κ3) is 1.72. The van der Waals surface area contributed by atoms with Crippen LogP contribution in [0.1, 0.15) is 0 Å². The molecule has 1 aromatic heterocycles. The summed E-state index contributed by atoms with van der Waals surface area (Å²) in [6.45, 7) is 0. The molecule has 0 saturated heterocycles. The number of hydrogen-bond acceptors (Lipinski definition) is 4. The zero-order valence-corrected chi connectivity index (χ0v) is 6.72. The fourth-order valence-corrected chi connectivity index (χ4v) is 0.833. The van der Waals surface area contributed by atoms with Crippen molar-refractivity contribution in [3.05, 3.63) is 17.3 Å². The second kappa shape index (κ2) is 3.41. The van der Waals surface area contributed by atoms with Gasteiger partial charge in [-0.2, -0.15) is 0 Å². The Morgan fingerprint density at radius 3 is 3.00 bits per heavy atom. The predicted molar refractivity (Wildman–Crippen MR) is 43.6 cm³/mol. The van der Waals surface area contributed by atoms with E-state index in [1.54, 1.807) is 6.07 Å². The van der Waals surface area contributed by atoms with Crippen molar-refractivity contribution in [3.63, 3.8) is 0 Å². The van der Waals surface area contributed by atoms with Gasteiger partial charge in [-0.3, -0.25) is 0 Å². The first-order valence-electron chi connectivity index (χ1n) is 2.94. The second-order valence-electron chi connectivity index (χ2n) is 1.85. The van der Waals surface area contributed by atoms with Gasteiger partial charge in [-0.25, -0.2) is 10.8 Å². The molecule has 1 rings (SSSR count). The van der Waals surface area contributed by atoms with Crippen molar-refractivity contribution in [1.29, 1.82) is 0 Å². The summed E-state index contributed by atoms with van der Waals surface area (Å²) in [6.07, 6.45) is 1.49. The van der Waals surface area contributed by atoms with Crippen molar-refractivity contribution in [2.75, 3.05) is 12.5 Å². The van der Waals surface area contributed by atoms with Crippen LogP contribution in [0.4, 0.5) is 5.82 Å². The molecule has 0 radical (unpaired) electrons. The first-order valence-corrected chi connectivity index (χ1v) is 3.32. The van der Waals surface area contributed by atoms with Crippen LogP contribution in [0.5, 0.6) is 5.75 Å². The summed E-state index contributed by atoms with van der Waals surface area (Å²) in [5.41, 5.74) is 2.38. The van der Waals surface area contributed by atoms with E-state index in [0.717, 1.165) is 0 Å². The highest BCUT2D eigenvalue weighted by molar-refractivity contribution is 6.30. The number of nitrogens with one attached hydrogen (secondary N) is 1. The Labute approximate surface area is 69.3 Å². The molecule has 0 aliphatic rings. The molecular formula is C6H8ClN3O. The summed E-state index contributed by atoms with van der Waals surface area (Å²) < 4.78 is 4.93. The van der Waals surface area contributed by atoms with Crippen LogP contribution >= 0.6 is 11.6 Å². The lowest BCUT2D eigenvalue weighted by atomic mass is 10.4. The van der Waals surface area contributed by atoms with Crippen LogP contribution in [0, 0.1) is 0 Å². The zero-order chi connectivity index (χ0) is 8.27. The van der Waals surface area contributed by atoms with Crippen LogP contribution in [0.25, 0.3) is 0 Å². The minimum Gasteiger partial charge on any atom is -0.493 e. The number of halogens is 1. The van der Waals surface area contributed by atoms with Crippen molar-refractivity contribution in [1.82, 2.24) is 4.98 Å². The van der Waals surface area contributed by atoms with Crippen molar-refractivity contribution >= 4 is 17.4 Å². The van der Waals surface area contributed by atoms with Crippen LogP contribution in [0.15, 0.2) is 12.3 Å². The Kier molecular flexibility index (Phi) is 2.51. The van der Waals surface area contributed by atoms with Gasteiger partial charge < -0.3 is 10.2 Å². The van der Waals surface area contributed by atoms with Crippen LogP contribution in [0.2, 0.25) is 5.02 Å². The molecule has 4 nitrogen and oxygen atoms in total. The van der Waals surface area contributed by atoms with Gasteiger partial charge in [0, 0.05) is 12.3 Å². The van der Waals surface area contributed by atoms with Gasteiger partial charge in [-0.15, -0.1) is 0 Å². The lowest BCUT2D eigenvalue weighted by Crippen LogP contribution is -2.09. The number of nitrogens with two attached hydrogens (primary N) is 1. The van der Waals surface area contributed by atoms with E-state index < -0.39 is 0 Å². The molecule has 0 amide bonds. The highest BCUT2D eigenvalue weighted by Gasteiger charge is 2.01. The Balaban J connectivity index is 3.06. The van der Waals surface area contributed by atoms with E-state index in [2.05, 4.69) is 10.4 Å². The Hall–Kier alpha value is -1.00. The largest absolute Gasteiger partial charge is 0.493 e. The van der Waals surface area contributed by atoms with Gasteiger partial charge in [0.05, 0.1) is 12.1 Å². The molecule has 0 spiro atoms. The molecule has 0 fully saturated rings. The van der Waals surface area contributed by atoms with Crippen molar-refractivity contribution in [2.24, 2.45) is 5.84 Å². The number of anilines is 1. The summed E-state index contributed by atoms with van der Waals surface area (Å²) in [6, 6.07) is 1.63. The number of nitrogen functional groups attached to an aromatic ring is 1. The normalized spacial score (nSPS) is 9.36. The van der Waals surface area contributed by atoms with E-state index in [1.165, 1.54) is 13.3 Å². The van der Waals surface area contributed by atoms with Gasteiger partial charge in [0.25, 0.3) is 0 Å². The molecule has 1 aromatic rings. The Morgan fingerprint density at radius 1 is 1.73 bits per heavy atom. The molecule has 0 aliphatic carbocycles. The quantitative estimate of drug-likeness (QED) is 0.518. The summed E-state index contributed by atoms with van der Waals surface area (Å²) in [5.74, 6) is 6.14. The predicted octanol–water partition coefficient (Wildman–Crippen LogP) is 1.03. The molecule has 0 unspecified atom stereocenters. The number of aromatic nitrogens is 1. The lowest BCUT2D eigenvalue weighted by molar-refractivity contribution is 0.415. The molecule has 60 valence electrons. The highest BCUT2D eigenvalue weighted by Crippen LogP contribution is 2.23. The maximum atomic E-state index is 5.64. The van der Waals surface area contributed by atoms with E-state index in [4.69, 9.17) is 22.2 Å². The fourth-order valence-electron chi connectivity index (χ4n) is 0.685. The maximum Gasteiger partial charge on any atom is 0.183 e. The summed E-state index contributed by atoms with van der Waals surface area (Å²) in [5, 5.41) is 0.515. The van der Waals surface area contributed by atoms with Gasteiger partial charge in [0.15, 0.2) is 11.6 Å². The fraction of sp³-hybridized carbons (Fsp3) is 0.167. The second-order valence-corrected chi connectivity index (χ2v) is 2.29. The molecule has 0 saturated carbocycles. The average Bonchev–Trinajstić information content (AvgIpc) is 2.04. The topological polar surface area (TPSA) is 60.2 Å². The van der Waals surface area contributed by atoms with E-state index in [0.29, 0.717) is 16.6 Å². The van der Waals surface area contributed by atoms with Crippen molar-refractivity contribution < 1.29 is 4.74 Å². The van der Waals surface area contributed by atoms with Crippen molar-refractivity contribution in [3.8, 4) is 5.75 Å². The first kappa shape index (κ1) is 8.10. The molecule has 1 heterocycles. The van der Waals surface area contributed by atoms with Crippen LogP contribution in [-0.4, -0.2) is 12.1 Å². The Morgan fingerprint density at radius 2 is 2.45 bits per heavy atom. The minimum atomic E-state index is 0.469. The highest BCUT2D eigenvalue weighted by atomic mass is 35.5. The average molecular weight is 174 g/mol. The molecule has 0 aromatic carbocycles. The molecule has 0 aliphatic heterocycles. The smallest absolute Gasteiger partial charge is 0.183 e. The lowest BCUT2D eigenvalue weighted by Gasteiger charge is -2.05. The van der Waals surface area contributed by atoms with Gasteiger partial charge in [0.1, 0.15) is 0 Å². The monoisotopic (exact) mass is 173 g/mol. The zero-order valence-electron chi connectivity index (χ0n) is 5.97. The SMILES string of the molecule is COc1cc(Cl)cnc1NN. The minimum absolute atomic E-state index is 0.469. The van der Waals surface area contributed by atoms with Gasteiger partial charge in [-0.1, -0.05) is 11.6 Å². The Bertz CT molecular complexity index is 254. The van der Waals surface area contributed by atoms with Crippen molar-refractivity contribution in [2.45, 2.75) is 0 Å². The number of hydrazine groups is 1.